The number of fused-ring (bicyclic) bond motifs is 6. The molecule has 0 radical (unpaired) electrons. The summed E-state index contributed by atoms with van der Waals surface area (Å²) in [5, 5.41) is 16.8. The molecule has 0 aromatic heterocycles. The molecule has 3 N–H and O–H groups in total. The Morgan fingerprint density at radius 3 is 2.42 bits per heavy atom. The van der Waals surface area contributed by atoms with E-state index in [1.165, 1.54) is 18.4 Å². The van der Waals surface area contributed by atoms with Crippen LogP contribution >= 0.6 is 0 Å². The zero-order chi connectivity index (χ0) is 44.9. The Hall–Kier alpha value is -3.65. The second-order valence-corrected chi connectivity index (χ2v) is 20.9. The monoisotopic (exact) mass is 882 g/mol. The number of carbonyl (C=O) groups is 3. The van der Waals surface area contributed by atoms with Crippen LogP contribution in [0.3, 0.4) is 0 Å². The van der Waals surface area contributed by atoms with Crippen molar-refractivity contribution in [3.8, 4) is 0 Å². The van der Waals surface area contributed by atoms with Crippen molar-refractivity contribution in [3.63, 3.8) is 0 Å². The van der Waals surface area contributed by atoms with Crippen LogP contribution in [0.1, 0.15) is 152 Å². The van der Waals surface area contributed by atoms with Gasteiger partial charge in [-0.25, -0.2) is 0 Å². The number of benzene rings is 2. The number of rotatable bonds is 17. The largest absolute Gasteiger partial charge is 0.458 e. The number of esters is 1. The molecular formula is C52H71N3O9. The summed E-state index contributed by atoms with van der Waals surface area (Å²) in [5.41, 5.74) is 3.67. The predicted molar refractivity (Wildman–Crippen MR) is 241 cm³/mol. The summed E-state index contributed by atoms with van der Waals surface area (Å²) >= 11 is 0. The maximum Gasteiger partial charge on any atom is 0.327 e. The lowest BCUT2D eigenvalue weighted by molar-refractivity contribution is -0.224. The molecule has 2 aromatic carbocycles. The van der Waals surface area contributed by atoms with Gasteiger partial charge >= 0.3 is 5.97 Å². The number of amides is 2. The lowest BCUT2D eigenvalue weighted by Gasteiger charge is -2.53. The Bertz CT molecular complexity index is 2080. The molecule has 4 saturated heterocycles. The standard InChI is InChI=1S/C52H71N3O9/c1-6-8-12-22-51(23-13-9-7-2)62-42-40-30-52(48(59)54-31-33-15-14-18-36(27-33)46(57)53-25-26-56)44(47(58)60-40)55(64-45(52)43(42)63-51)32-37-17-11-10-16-34(37)28-35-19-20-41-50(5,61-41)24-21-39-38(35)29-49(39,3)4/h10-11,14-18,27-28,38-45,56H,6-9,12-13,19-26,29-32H2,1-5H3,(H,53,57)(H,54,59)/t38-,39-,40?,41?,42+,43+,44+,45-,50-,52?/m1/s1. The Kier molecular flexibility index (Phi) is 12.9. The number of carbonyl (C=O) groups excluding carboxylic acids is 3. The van der Waals surface area contributed by atoms with Crippen LogP contribution in [0.4, 0.5) is 0 Å². The van der Waals surface area contributed by atoms with Crippen molar-refractivity contribution in [2.24, 2.45) is 22.7 Å². The summed E-state index contributed by atoms with van der Waals surface area (Å²) in [7, 11) is 0. The molecular weight excluding hydrogens is 811 g/mol. The topological polar surface area (TPSA) is 148 Å². The number of hydrogen-bond acceptors (Lipinski definition) is 10. The lowest BCUT2D eigenvalue weighted by atomic mass is 9.52. The normalized spacial score (nSPS) is 34.8. The summed E-state index contributed by atoms with van der Waals surface area (Å²) in [5.74, 6) is -0.858. The Morgan fingerprint density at radius 2 is 1.67 bits per heavy atom. The highest BCUT2D eigenvalue weighted by Crippen LogP contribution is 2.61. The quantitative estimate of drug-likeness (QED) is 0.0813. The van der Waals surface area contributed by atoms with Gasteiger partial charge in [0.15, 0.2) is 11.8 Å². The molecule has 3 saturated carbocycles. The minimum Gasteiger partial charge on any atom is -0.458 e. The van der Waals surface area contributed by atoms with Crippen molar-refractivity contribution >= 4 is 23.9 Å². The minimum absolute atomic E-state index is 0.00223. The SMILES string of the molecule is CCCCCC1(CCCCC)O[C@@H]2[C@H]3ON(Cc4ccccc4C=C4CCC5O[C@]5(C)CC[C@@H]5[C@@H]4CC5(C)C)[C@H]4C(=O)OC(CC34C(=O)NCc3cccc(C(=O)NCCO)c3)[C@@H]2O1. The van der Waals surface area contributed by atoms with Crippen molar-refractivity contribution in [3.05, 3.63) is 76.4 Å². The van der Waals surface area contributed by atoms with Gasteiger partial charge in [0.1, 0.15) is 29.8 Å². The maximum atomic E-state index is 15.2. The van der Waals surface area contributed by atoms with Crippen LogP contribution in [-0.4, -0.2) is 89.1 Å². The molecule has 4 aliphatic heterocycles. The highest BCUT2D eigenvalue weighted by molar-refractivity contribution is 5.95. The summed E-state index contributed by atoms with van der Waals surface area (Å²) in [4.78, 5) is 49.6. The first kappa shape index (κ1) is 45.5. The van der Waals surface area contributed by atoms with Crippen molar-refractivity contribution in [1.29, 1.82) is 0 Å². The van der Waals surface area contributed by atoms with Gasteiger partial charge in [0.2, 0.25) is 5.91 Å². The molecule has 7 fully saturated rings. The summed E-state index contributed by atoms with van der Waals surface area (Å²) in [6.07, 6.45) is 13.2. The first-order valence-corrected chi connectivity index (χ1v) is 24.6. The fourth-order valence-electron chi connectivity index (χ4n) is 12.5. The molecule has 9 rings (SSSR count). The lowest BCUT2D eigenvalue weighted by Crippen LogP contribution is -2.69. The average molecular weight is 882 g/mol. The van der Waals surface area contributed by atoms with Crippen LogP contribution in [0.5, 0.6) is 0 Å². The number of nitrogens with zero attached hydrogens (tertiary/aromatic N) is 1. The first-order valence-electron chi connectivity index (χ1n) is 24.6. The molecule has 64 heavy (non-hydrogen) atoms. The second kappa shape index (κ2) is 18.2. The fourth-order valence-corrected chi connectivity index (χ4v) is 12.5. The van der Waals surface area contributed by atoms with E-state index in [1.54, 1.807) is 23.3 Å². The summed E-state index contributed by atoms with van der Waals surface area (Å²) in [6, 6.07) is 14.4. The molecule has 0 spiro atoms. The predicted octanol–water partition coefficient (Wildman–Crippen LogP) is 7.94. The third kappa shape index (κ3) is 8.49. The van der Waals surface area contributed by atoms with Crippen LogP contribution in [0.15, 0.2) is 54.1 Å². The number of aliphatic hydroxyl groups excluding tert-OH is 1. The van der Waals surface area contributed by atoms with Gasteiger partial charge in [-0.3, -0.25) is 19.2 Å². The molecule has 10 atom stereocenters. The Morgan fingerprint density at radius 1 is 0.906 bits per heavy atom. The van der Waals surface area contributed by atoms with E-state index in [2.05, 4.69) is 69.5 Å². The molecule has 2 aromatic rings. The number of allylic oxidation sites excluding steroid dienone is 1. The van der Waals surface area contributed by atoms with Crippen LogP contribution < -0.4 is 10.6 Å². The zero-order valence-electron chi connectivity index (χ0n) is 38.7. The van der Waals surface area contributed by atoms with Crippen LogP contribution in [0.25, 0.3) is 6.08 Å². The van der Waals surface area contributed by atoms with E-state index in [9.17, 15) is 14.7 Å². The molecule has 4 heterocycles. The second-order valence-electron chi connectivity index (χ2n) is 20.9. The molecule has 12 nitrogen and oxygen atoms in total. The number of ether oxygens (including phenoxy) is 4. The zero-order valence-corrected chi connectivity index (χ0v) is 38.7. The van der Waals surface area contributed by atoms with E-state index >= 15 is 4.79 Å². The number of nitrogens with one attached hydrogen (secondary N) is 2. The summed E-state index contributed by atoms with van der Waals surface area (Å²) < 4.78 is 26.8. The van der Waals surface area contributed by atoms with Gasteiger partial charge in [-0.1, -0.05) is 101 Å². The molecule has 3 unspecified atom stereocenters. The van der Waals surface area contributed by atoms with E-state index < -0.39 is 47.6 Å². The number of unbranched alkanes of at least 4 members (excludes halogenated alkanes) is 4. The van der Waals surface area contributed by atoms with Gasteiger partial charge in [-0.05, 0) is 97.9 Å². The Balaban J connectivity index is 1.04. The van der Waals surface area contributed by atoms with E-state index in [4.69, 9.17) is 23.8 Å². The number of aliphatic hydroxyl groups is 1. The molecule has 12 heteroatoms. The van der Waals surface area contributed by atoms with Crippen LogP contribution in [-0.2, 0) is 46.5 Å². The van der Waals surface area contributed by atoms with Crippen molar-refractivity contribution in [1.82, 2.24) is 15.7 Å². The average Bonchev–Trinajstić information content (AvgIpc) is 3.56. The number of hydroxylamine groups is 2. The van der Waals surface area contributed by atoms with Crippen molar-refractivity contribution < 1.29 is 43.3 Å². The molecule has 7 aliphatic rings. The van der Waals surface area contributed by atoms with Gasteiger partial charge in [-0.15, -0.1) is 0 Å². The third-order valence-corrected chi connectivity index (χ3v) is 16.2. The van der Waals surface area contributed by atoms with Gasteiger partial charge < -0.3 is 34.7 Å². The van der Waals surface area contributed by atoms with Crippen LogP contribution in [0.2, 0.25) is 0 Å². The van der Waals surface area contributed by atoms with E-state index in [1.807, 2.05) is 12.1 Å². The first-order chi connectivity index (χ1) is 30.8. The van der Waals surface area contributed by atoms with Gasteiger partial charge in [-0.2, -0.15) is 5.06 Å². The molecule has 348 valence electrons. The third-order valence-electron chi connectivity index (χ3n) is 16.2. The van der Waals surface area contributed by atoms with Crippen LogP contribution in [0, 0.1) is 22.7 Å². The fraction of sp³-hybridized carbons (Fsp3) is 0.673. The minimum atomic E-state index is -1.34. The Labute approximate surface area is 379 Å². The number of epoxide rings is 1. The highest BCUT2D eigenvalue weighted by atomic mass is 16.8. The van der Waals surface area contributed by atoms with Gasteiger partial charge in [0.05, 0.1) is 24.9 Å². The van der Waals surface area contributed by atoms with E-state index in [0.29, 0.717) is 36.3 Å². The van der Waals surface area contributed by atoms with E-state index in [0.717, 1.165) is 74.5 Å². The van der Waals surface area contributed by atoms with E-state index in [-0.39, 0.29) is 55.5 Å². The highest BCUT2D eigenvalue weighted by Gasteiger charge is 2.76. The molecule has 2 bridgehead atoms. The maximum absolute atomic E-state index is 15.2. The van der Waals surface area contributed by atoms with Crippen molar-refractivity contribution in [2.75, 3.05) is 13.2 Å². The smallest absolute Gasteiger partial charge is 0.327 e. The van der Waals surface area contributed by atoms with Gasteiger partial charge in [0, 0.05) is 37.9 Å². The molecule has 2 amide bonds. The molecule has 3 aliphatic carbocycles. The van der Waals surface area contributed by atoms with Gasteiger partial charge in [0.25, 0.3) is 5.91 Å². The van der Waals surface area contributed by atoms with Crippen molar-refractivity contribution in [2.45, 2.75) is 186 Å². The number of hydrogen-bond donors (Lipinski definition) is 3. The summed E-state index contributed by atoms with van der Waals surface area (Å²) in [6.45, 7) is 11.8.